The first-order chi connectivity index (χ1) is 16.6. The summed E-state index contributed by atoms with van der Waals surface area (Å²) >= 11 is 0. The summed E-state index contributed by atoms with van der Waals surface area (Å²) in [6.07, 6.45) is 10.8. The minimum absolute atomic E-state index is 0.0103. The number of ether oxygens (including phenoxy) is 4. The van der Waals surface area contributed by atoms with E-state index in [2.05, 4.69) is 40.7 Å². The third-order valence-corrected chi connectivity index (χ3v) is 9.69. The van der Waals surface area contributed by atoms with E-state index in [1.165, 1.54) is 5.57 Å². The molecular formula is C30H52O6. The summed E-state index contributed by atoms with van der Waals surface area (Å²) in [5, 5.41) is 21.6. The van der Waals surface area contributed by atoms with Crippen molar-refractivity contribution in [2.24, 2.45) is 0 Å². The predicted octanol–water partition coefficient (Wildman–Crippen LogP) is 5.62. The smallest absolute Gasteiger partial charge is 0.0921 e. The van der Waals surface area contributed by atoms with Crippen LogP contribution >= 0.6 is 0 Å². The fourth-order valence-electron chi connectivity index (χ4n) is 7.01. The second-order valence-corrected chi connectivity index (χ2v) is 13.9. The van der Waals surface area contributed by atoms with Crippen LogP contribution in [0.15, 0.2) is 11.6 Å². The van der Waals surface area contributed by atoms with Gasteiger partial charge in [0, 0.05) is 0 Å². The molecule has 0 aromatic carbocycles. The van der Waals surface area contributed by atoms with E-state index in [1.807, 2.05) is 20.8 Å². The second-order valence-electron chi connectivity index (χ2n) is 13.9. The van der Waals surface area contributed by atoms with Crippen LogP contribution in [-0.2, 0) is 18.9 Å². The zero-order valence-corrected chi connectivity index (χ0v) is 24.1. The van der Waals surface area contributed by atoms with Gasteiger partial charge in [-0.25, -0.2) is 0 Å². The van der Waals surface area contributed by atoms with Crippen molar-refractivity contribution in [2.45, 2.75) is 178 Å². The standard InChI is InChI=1S/C30H52O6/c1-20(2)10-9-16-27(5,32)22-14-18-28(6,35-22)23-11-12-24(33-23)29(7)19-15-25(36-29)30(8)17-13-21(34-30)26(3,4)31/h10,21-25,31-32H,9,11-19H2,1-8H3. The Morgan fingerprint density at radius 1 is 0.750 bits per heavy atom. The van der Waals surface area contributed by atoms with Gasteiger partial charge in [-0.1, -0.05) is 11.6 Å². The molecule has 4 fully saturated rings. The van der Waals surface area contributed by atoms with Gasteiger partial charge in [-0.3, -0.25) is 0 Å². The monoisotopic (exact) mass is 508 g/mol. The summed E-state index contributed by atoms with van der Waals surface area (Å²) in [6, 6.07) is 0. The summed E-state index contributed by atoms with van der Waals surface area (Å²) in [5.74, 6) is 0. The molecule has 4 aliphatic heterocycles. The molecule has 4 aliphatic rings. The molecule has 4 saturated heterocycles. The van der Waals surface area contributed by atoms with E-state index < -0.39 is 11.2 Å². The van der Waals surface area contributed by atoms with Crippen molar-refractivity contribution >= 4 is 0 Å². The highest BCUT2D eigenvalue weighted by Crippen LogP contribution is 2.50. The van der Waals surface area contributed by atoms with Crippen LogP contribution in [0.25, 0.3) is 0 Å². The average molecular weight is 509 g/mol. The van der Waals surface area contributed by atoms with Crippen LogP contribution in [0.3, 0.4) is 0 Å². The SMILES string of the molecule is CC(C)=CCCC(C)(O)C1CCC(C)(C2CCC(C3(C)CCC(C4(C)CCC(C(C)(C)O)O4)O3)O2)O1. The molecule has 0 radical (unpaired) electrons. The minimum Gasteiger partial charge on any atom is -0.388 e. The fraction of sp³-hybridized carbons (Fsp3) is 0.933. The van der Waals surface area contributed by atoms with E-state index in [0.717, 1.165) is 57.8 Å². The van der Waals surface area contributed by atoms with Crippen LogP contribution in [0.2, 0.25) is 0 Å². The third kappa shape index (κ3) is 5.74. The third-order valence-electron chi connectivity index (χ3n) is 9.69. The van der Waals surface area contributed by atoms with Crippen molar-refractivity contribution in [3.05, 3.63) is 11.6 Å². The summed E-state index contributed by atoms with van der Waals surface area (Å²) in [4.78, 5) is 0. The van der Waals surface area contributed by atoms with E-state index in [4.69, 9.17) is 18.9 Å². The van der Waals surface area contributed by atoms with Gasteiger partial charge in [0.15, 0.2) is 0 Å². The van der Waals surface area contributed by atoms with E-state index in [1.54, 1.807) is 0 Å². The fourth-order valence-corrected chi connectivity index (χ4v) is 7.01. The van der Waals surface area contributed by atoms with Crippen molar-refractivity contribution < 1.29 is 29.2 Å². The molecule has 0 aromatic rings. The van der Waals surface area contributed by atoms with E-state index in [0.29, 0.717) is 6.42 Å². The number of hydrogen-bond donors (Lipinski definition) is 2. The molecule has 4 rings (SSSR count). The topological polar surface area (TPSA) is 77.4 Å². The molecule has 9 atom stereocenters. The summed E-state index contributed by atoms with van der Waals surface area (Å²) < 4.78 is 26.4. The maximum absolute atomic E-state index is 11.2. The molecular weight excluding hydrogens is 456 g/mol. The lowest BCUT2D eigenvalue weighted by atomic mass is 9.88. The highest BCUT2D eigenvalue weighted by atomic mass is 16.6. The molecule has 6 nitrogen and oxygen atoms in total. The molecule has 36 heavy (non-hydrogen) atoms. The van der Waals surface area contributed by atoms with Crippen LogP contribution < -0.4 is 0 Å². The Morgan fingerprint density at radius 2 is 1.25 bits per heavy atom. The van der Waals surface area contributed by atoms with Gasteiger partial charge in [-0.2, -0.15) is 0 Å². The molecule has 0 amide bonds. The number of allylic oxidation sites excluding steroid dienone is 2. The van der Waals surface area contributed by atoms with Crippen LogP contribution in [0.4, 0.5) is 0 Å². The average Bonchev–Trinajstić information content (AvgIpc) is 3.53. The van der Waals surface area contributed by atoms with Gasteiger partial charge in [0.1, 0.15) is 0 Å². The first-order valence-electron chi connectivity index (χ1n) is 14.3. The summed E-state index contributed by atoms with van der Waals surface area (Å²) in [5.41, 5.74) is -1.49. The Kier molecular flexibility index (Phi) is 7.85. The van der Waals surface area contributed by atoms with Gasteiger partial charge < -0.3 is 29.2 Å². The van der Waals surface area contributed by atoms with Gasteiger partial charge >= 0.3 is 0 Å². The lowest BCUT2D eigenvalue weighted by molar-refractivity contribution is -0.209. The molecule has 0 spiro atoms. The molecule has 0 aliphatic carbocycles. The molecule has 6 heteroatoms. The quantitative estimate of drug-likeness (QED) is 0.415. The maximum Gasteiger partial charge on any atom is 0.0921 e. The predicted molar refractivity (Wildman–Crippen MR) is 141 cm³/mol. The van der Waals surface area contributed by atoms with Gasteiger partial charge in [0.05, 0.1) is 58.5 Å². The number of aliphatic hydroxyl groups is 2. The van der Waals surface area contributed by atoms with Gasteiger partial charge in [-0.05, 0) is 120 Å². The Morgan fingerprint density at radius 3 is 1.81 bits per heavy atom. The van der Waals surface area contributed by atoms with Crippen molar-refractivity contribution in [3.63, 3.8) is 0 Å². The van der Waals surface area contributed by atoms with Crippen LogP contribution in [0, 0.1) is 0 Å². The molecule has 2 N–H and O–H groups in total. The molecule has 0 aromatic heterocycles. The van der Waals surface area contributed by atoms with Crippen LogP contribution in [0.1, 0.15) is 120 Å². The summed E-state index contributed by atoms with van der Waals surface area (Å²) in [6.45, 7) is 16.3. The lowest BCUT2D eigenvalue weighted by Crippen LogP contribution is -2.48. The zero-order valence-electron chi connectivity index (χ0n) is 24.1. The van der Waals surface area contributed by atoms with Crippen molar-refractivity contribution in [2.75, 3.05) is 0 Å². The number of hydrogen-bond acceptors (Lipinski definition) is 6. The summed E-state index contributed by atoms with van der Waals surface area (Å²) in [7, 11) is 0. The van der Waals surface area contributed by atoms with Gasteiger partial charge in [0.2, 0.25) is 0 Å². The second kappa shape index (κ2) is 9.91. The van der Waals surface area contributed by atoms with Crippen LogP contribution in [0.5, 0.6) is 0 Å². The van der Waals surface area contributed by atoms with E-state index >= 15 is 0 Å². The molecule has 208 valence electrons. The van der Waals surface area contributed by atoms with Crippen molar-refractivity contribution in [1.82, 2.24) is 0 Å². The Labute approximate surface area is 219 Å². The molecule has 0 saturated carbocycles. The largest absolute Gasteiger partial charge is 0.388 e. The Hall–Kier alpha value is -0.500. The lowest BCUT2D eigenvalue weighted by Gasteiger charge is -2.38. The first kappa shape index (κ1) is 28.5. The zero-order chi connectivity index (χ0) is 26.6. The van der Waals surface area contributed by atoms with Crippen molar-refractivity contribution in [3.8, 4) is 0 Å². The Bertz CT molecular complexity index is 813. The highest BCUT2D eigenvalue weighted by molar-refractivity contribution is 5.06. The van der Waals surface area contributed by atoms with Crippen LogP contribution in [-0.4, -0.2) is 68.7 Å². The first-order valence-corrected chi connectivity index (χ1v) is 14.3. The Balaban J connectivity index is 1.33. The van der Waals surface area contributed by atoms with Gasteiger partial charge in [0.25, 0.3) is 0 Å². The number of rotatable bonds is 8. The van der Waals surface area contributed by atoms with E-state index in [9.17, 15) is 10.2 Å². The van der Waals surface area contributed by atoms with E-state index in [-0.39, 0.29) is 47.3 Å². The molecule has 9 unspecified atom stereocenters. The van der Waals surface area contributed by atoms with Crippen molar-refractivity contribution in [1.29, 1.82) is 0 Å². The molecule has 4 heterocycles. The minimum atomic E-state index is -0.841. The normalized spacial score (nSPS) is 45.2. The molecule has 0 bridgehead atoms. The highest BCUT2D eigenvalue weighted by Gasteiger charge is 2.57. The van der Waals surface area contributed by atoms with Gasteiger partial charge in [-0.15, -0.1) is 0 Å². The maximum atomic E-state index is 11.2.